The number of hydrogen-bond acceptors (Lipinski definition) is 3. The number of ether oxygens (including phenoxy) is 1. The number of hydrogen-bond donors (Lipinski definition) is 0. The minimum absolute atomic E-state index is 0.421. The molecule has 0 atom stereocenters. The van der Waals surface area contributed by atoms with Crippen molar-refractivity contribution in [3.63, 3.8) is 0 Å². The smallest absolute Gasteiger partial charge is 0.142 e. The Morgan fingerprint density at radius 2 is 1.60 bits per heavy atom. The third-order valence-corrected chi connectivity index (χ3v) is 2.99. The summed E-state index contributed by atoms with van der Waals surface area (Å²) >= 11 is 0. The molecule has 0 amide bonds. The summed E-state index contributed by atoms with van der Waals surface area (Å²) in [6.07, 6.45) is 3.90. The molecule has 2 aromatic carbocycles. The highest BCUT2D eigenvalue weighted by molar-refractivity contribution is 5.79. The van der Waals surface area contributed by atoms with Crippen LogP contribution in [0.25, 0.3) is 0 Å². The lowest BCUT2D eigenvalue weighted by atomic mass is 10.1. The standard InChI is InChI=1S/C17H18NO2/c1-3-14-4-6-15(7-5-14)12-18-20-13-16-8-10-17(19-2)11-9-16/h4-11H,3,13H2,1-2H3. The van der Waals surface area contributed by atoms with Crippen LogP contribution in [0.5, 0.6) is 5.75 Å². The summed E-state index contributed by atoms with van der Waals surface area (Å²) in [7, 11) is 1.65. The quantitative estimate of drug-likeness (QED) is 0.591. The minimum Gasteiger partial charge on any atom is -0.497 e. The topological polar surface area (TPSA) is 30.8 Å². The fraction of sp³-hybridized carbons (Fsp3) is 0.235. The molecule has 1 radical (unpaired) electrons. The van der Waals surface area contributed by atoms with Crippen LogP contribution in [0.1, 0.15) is 23.6 Å². The van der Waals surface area contributed by atoms with Gasteiger partial charge in [-0.1, -0.05) is 48.5 Å². The zero-order valence-electron chi connectivity index (χ0n) is 11.8. The summed E-state index contributed by atoms with van der Waals surface area (Å²) in [5, 5.41) is 3.85. The Labute approximate surface area is 119 Å². The molecule has 0 spiro atoms. The van der Waals surface area contributed by atoms with Crippen LogP contribution in [0.2, 0.25) is 0 Å². The largest absolute Gasteiger partial charge is 0.497 e. The molecule has 0 aliphatic heterocycles. The molecule has 3 nitrogen and oxygen atoms in total. The number of methoxy groups -OCH3 is 1. The molecule has 2 rings (SSSR count). The molecule has 0 unspecified atom stereocenters. The fourth-order valence-corrected chi connectivity index (χ4v) is 1.73. The normalized spacial score (nSPS) is 10.7. The highest BCUT2D eigenvalue weighted by Crippen LogP contribution is 2.12. The molecule has 2 aromatic rings. The van der Waals surface area contributed by atoms with E-state index in [1.165, 1.54) is 5.56 Å². The molecular weight excluding hydrogens is 250 g/mol. The molecule has 0 saturated carbocycles. The highest BCUT2D eigenvalue weighted by atomic mass is 16.6. The molecule has 20 heavy (non-hydrogen) atoms. The fourth-order valence-electron chi connectivity index (χ4n) is 1.73. The SMILES string of the molecule is CCc1ccc(/[C]=N\OCc2ccc(OC)cc2)cc1. The van der Waals surface area contributed by atoms with E-state index in [1.807, 2.05) is 36.4 Å². The Kier molecular flexibility index (Phi) is 5.18. The summed E-state index contributed by atoms with van der Waals surface area (Å²) in [6.45, 7) is 2.55. The van der Waals surface area contributed by atoms with E-state index in [0.29, 0.717) is 6.61 Å². The van der Waals surface area contributed by atoms with E-state index in [0.717, 1.165) is 23.3 Å². The first kappa shape index (κ1) is 14.1. The molecule has 0 aromatic heterocycles. The first-order valence-corrected chi connectivity index (χ1v) is 6.61. The molecule has 0 heterocycles. The predicted octanol–water partition coefficient (Wildman–Crippen LogP) is 3.69. The van der Waals surface area contributed by atoms with Crippen molar-refractivity contribution in [2.45, 2.75) is 20.0 Å². The van der Waals surface area contributed by atoms with Gasteiger partial charge in [0.25, 0.3) is 0 Å². The van der Waals surface area contributed by atoms with Crippen molar-refractivity contribution in [2.75, 3.05) is 7.11 Å². The van der Waals surface area contributed by atoms with E-state index in [1.54, 1.807) is 7.11 Å². The molecular formula is C17H18NO2. The second kappa shape index (κ2) is 7.34. The Morgan fingerprint density at radius 1 is 0.950 bits per heavy atom. The zero-order valence-corrected chi connectivity index (χ0v) is 11.8. The second-order valence-electron chi connectivity index (χ2n) is 4.38. The van der Waals surface area contributed by atoms with Gasteiger partial charge in [-0.2, -0.15) is 0 Å². The summed E-state index contributed by atoms with van der Waals surface area (Å²) in [6, 6.07) is 15.8. The van der Waals surface area contributed by atoms with Gasteiger partial charge >= 0.3 is 0 Å². The summed E-state index contributed by atoms with van der Waals surface area (Å²) in [5.41, 5.74) is 3.25. The third-order valence-electron chi connectivity index (χ3n) is 2.99. The Hall–Kier alpha value is -2.29. The monoisotopic (exact) mass is 268 g/mol. The van der Waals surface area contributed by atoms with E-state index >= 15 is 0 Å². The number of benzene rings is 2. The van der Waals surface area contributed by atoms with Gasteiger partial charge in [-0.15, -0.1) is 0 Å². The van der Waals surface area contributed by atoms with Crippen molar-refractivity contribution in [3.8, 4) is 5.75 Å². The lowest BCUT2D eigenvalue weighted by Gasteiger charge is -2.02. The maximum Gasteiger partial charge on any atom is 0.142 e. The van der Waals surface area contributed by atoms with Crippen LogP contribution in [-0.2, 0) is 17.9 Å². The molecule has 3 heteroatoms. The van der Waals surface area contributed by atoms with Crippen LogP contribution < -0.4 is 4.74 Å². The average molecular weight is 268 g/mol. The number of nitrogens with zero attached hydrogens (tertiary/aromatic N) is 1. The van der Waals surface area contributed by atoms with Crippen LogP contribution in [0.15, 0.2) is 53.7 Å². The van der Waals surface area contributed by atoms with Gasteiger partial charge in [-0.25, -0.2) is 0 Å². The van der Waals surface area contributed by atoms with Gasteiger partial charge in [0.1, 0.15) is 18.6 Å². The van der Waals surface area contributed by atoms with Crippen molar-refractivity contribution in [3.05, 3.63) is 65.2 Å². The van der Waals surface area contributed by atoms with Gasteiger partial charge in [-0.05, 0) is 29.7 Å². The molecule has 0 saturated heterocycles. The lowest BCUT2D eigenvalue weighted by molar-refractivity contribution is 0.132. The van der Waals surface area contributed by atoms with Crippen molar-refractivity contribution in [1.29, 1.82) is 0 Å². The lowest BCUT2D eigenvalue weighted by Crippen LogP contribution is -1.89. The van der Waals surface area contributed by atoms with E-state index in [2.05, 4.69) is 30.4 Å². The Bertz CT molecular complexity index is 544. The maximum atomic E-state index is 5.23. The number of aryl methyl sites for hydroxylation is 1. The van der Waals surface area contributed by atoms with Gasteiger partial charge in [0.15, 0.2) is 0 Å². The Balaban J connectivity index is 1.83. The van der Waals surface area contributed by atoms with Gasteiger partial charge in [0.2, 0.25) is 0 Å². The van der Waals surface area contributed by atoms with Crippen molar-refractivity contribution >= 4 is 6.21 Å². The van der Waals surface area contributed by atoms with Crippen LogP contribution in [-0.4, -0.2) is 13.3 Å². The van der Waals surface area contributed by atoms with Gasteiger partial charge in [-0.3, -0.25) is 0 Å². The van der Waals surface area contributed by atoms with Crippen molar-refractivity contribution in [1.82, 2.24) is 0 Å². The molecule has 0 aliphatic carbocycles. The predicted molar refractivity (Wildman–Crippen MR) is 80.1 cm³/mol. The number of rotatable bonds is 6. The summed E-state index contributed by atoms with van der Waals surface area (Å²) in [5.74, 6) is 0.833. The van der Waals surface area contributed by atoms with Crippen LogP contribution >= 0.6 is 0 Å². The zero-order chi connectivity index (χ0) is 14.2. The highest BCUT2D eigenvalue weighted by Gasteiger charge is 1.95. The van der Waals surface area contributed by atoms with Crippen LogP contribution in [0.3, 0.4) is 0 Å². The molecule has 0 bridgehead atoms. The van der Waals surface area contributed by atoms with E-state index in [9.17, 15) is 0 Å². The third kappa shape index (κ3) is 4.12. The van der Waals surface area contributed by atoms with Crippen LogP contribution in [0, 0.1) is 0 Å². The molecule has 0 aliphatic rings. The van der Waals surface area contributed by atoms with E-state index in [-0.39, 0.29) is 0 Å². The molecule has 103 valence electrons. The van der Waals surface area contributed by atoms with Crippen molar-refractivity contribution in [2.24, 2.45) is 5.16 Å². The van der Waals surface area contributed by atoms with Crippen LogP contribution in [0.4, 0.5) is 0 Å². The second-order valence-corrected chi connectivity index (χ2v) is 4.38. The van der Waals surface area contributed by atoms with E-state index in [4.69, 9.17) is 9.57 Å². The average Bonchev–Trinajstić information content (AvgIpc) is 2.53. The first-order valence-electron chi connectivity index (χ1n) is 6.61. The van der Waals surface area contributed by atoms with E-state index < -0.39 is 0 Å². The van der Waals surface area contributed by atoms with Crippen molar-refractivity contribution < 1.29 is 9.57 Å². The van der Waals surface area contributed by atoms with Gasteiger partial charge in [0.05, 0.1) is 7.11 Å². The van der Waals surface area contributed by atoms with Gasteiger partial charge in [0, 0.05) is 5.56 Å². The van der Waals surface area contributed by atoms with Gasteiger partial charge < -0.3 is 9.57 Å². The first-order chi connectivity index (χ1) is 9.81. The maximum absolute atomic E-state index is 5.23. The Morgan fingerprint density at radius 3 is 2.20 bits per heavy atom. The summed E-state index contributed by atoms with van der Waals surface area (Å²) in [4.78, 5) is 5.23. The molecule has 0 N–H and O–H groups in total. The summed E-state index contributed by atoms with van der Waals surface area (Å²) < 4.78 is 5.09. The minimum atomic E-state index is 0.421. The molecule has 0 fully saturated rings.